The average molecular weight is 257 g/mol. The second kappa shape index (κ2) is 6.23. The molecule has 0 bridgehead atoms. The summed E-state index contributed by atoms with van der Waals surface area (Å²) in [5.41, 5.74) is 2.23. The summed E-state index contributed by atoms with van der Waals surface area (Å²) >= 11 is 0. The van der Waals surface area contributed by atoms with Crippen molar-refractivity contribution in [3.05, 3.63) is 54.4 Å². The van der Waals surface area contributed by atoms with Crippen LogP contribution in [0.15, 0.2) is 48.7 Å². The Bertz CT molecular complexity index is 531. The number of para-hydroxylation sites is 1. The molecule has 0 saturated carbocycles. The molecule has 0 aliphatic rings. The third-order valence-corrected chi connectivity index (χ3v) is 3.07. The van der Waals surface area contributed by atoms with E-state index in [1.165, 1.54) is 0 Å². The molecule has 0 aliphatic carbocycles. The smallest absolute Gasteiger partial charge is 0.309 e. The van der Waals surface area contributed by atoms with Crippen molar-refractivity contribution in [2.24, 2.45) is 5.92 Å². The fourth-order valence-corrected chi connectivity index (χ4v) is 2.10. The van der Waals surface area contributed by atoms with Gasteiger partial charge < -0.3 is 9.30 Å². The fourth-order valence-electron chi connectivity index (χ4n) is 2.10. The number of ether oxygens (including phenoxy) is 1. The maximum Gasteiger partial charge on any atom is 0.309 e. The first-order valence-corrected chi connectivity index (χ1v) is 6.60. The molecule has 0 spiro atoms. The zero-order chi connectivity index (χ0) is 13.7. The van der Waals surface area contributed by atoms with Crippen molar-refractivity contribution in [2.45, 2.75) is 20.3 Å². The maximum absolute atomic E-state index is 11.7. The van der Waals surface area contributed by atoms with Gasteiger partial charge in [0.25, 0.3) is 0 Å². The molecule has 19 heavy (non-hydrogen) atoms. The van der Waals surface area contributed by atoms with Crippen LogP contribution in [0.3, 0.4) is 0 Å². The molecule has 1 heterocycles. The van der Waals surface area contributed by atoms with E-state index < -0.39 is 0 Å². The molecule has 3 heteroatoms. The van der Waals surface area contributed by atoms with Crippen LogP contribution >= 0.6 is 0 Å². The van der Waals surface area contributed by atoms with E-state index in [9.17, 15) is 4.79 Å². The van der Waals surface area contributed by atoms with Crippen LogP contribution in [-0.2, 0) is 16.0 Å². The molecular weight excluding hydrogens is 238 g/mol. The molecule has 1 atom stereocenters. The highest BCUT2D eigenvalue weighted by atomic mass is 16.5. The normalized spacial score (nSPS) is 12.1. The first-order valence-electron chi connectivity index (χ1n) is 6.60. The van der Waals surface area contributed by atoms with Gasteiger partial charge in [0.05, 0.1) is 12.5 Å². The SMILES string of the molecule is CCOC(=O)C(C)Cc1cccn1-c1ccccc1. The van der Waals surface area contributed by atoms with E-state index >= 15 is 0 Å². The highest BCUT2D eigenvalue weighted by Gasteiger charge is 2.16. The Morgan fingerprint density at radius 1 is 1.21 bits per heavy atom. The first kappa shape index (κ1) is 13.4. The molecule has 3 nitrogen and oxygen atoms in total. The Labute approximate surface area is 113 Å². The first-order chi connectivity index (χ1) is 9.22. The van der Waals surface area contributed by atoms with Gasteiger partial charge in [0, 0.05) is 24.0 Å². The lowest BCUT2D eigenvalue weighted by atomic mass is 10.1. The third-order valence-electron chi connectivity index (χ3n) is 3.07. The Morgan fingerprint density at radius 2 is 1.95 bits per heavy atom. The van der Waals surface area contributed by atoms with E-state index in [-0.39, 0.29) is 11.9 Å². The number of esters is 1. The largest absolute Gasteiger partial charge is 0.466 e. The van der Waals surface area contributed by atoms with Crippen molar-refractivity contribution in [1.29, 1.82) is 0 Å². The summed E-state index contributed by atoms with van der Waals surface area (Å²) in [4.78, 5) is 11.7. The topological polar surface area (TPSA) is 31.2 Å². The molecule has 0 N–H and O–H groups in total. The van der Waals surface area contributed by atoms with Gasteiger partial charge >= 0.3 is 5.97 Å². The van der Waals surface area contributed by atoms with Gasteiger partial charge in [-0.3, -0.25) is 4.79 Å². The minimum absolute atomic E-state index is 0.127. The van der Waals surface area contributed by atoms with Crippen LogP contribution in [0.25, 0.3) is 5.69 Å². The molecule has 1 aromatic heterocycles. The predicted octanol–water partition coefficient (Wildman–Crippen LogP) is 3.22. The predicted molar refractivity (Wildman–Crippen MR) is 75.3 cm³/mol. The Kier molecular flexibility index (Phi) is 4.39. The van der Waals surface area contributed by atoms with E-state index in [0.29, 0.717) is 13.0 Å². The van der Waals surface area contributed by atoms with Gasteiger partial charge in [-0.25, -0.2) is 0 Å². The van der Waals surface area contributed by atoms with Gasteiger partial charge in [-0.15, -0.1) is 0 Å². The molecule has 0 radical (unpaired) electrons. The quantitative estimate of drug-likeness (QED) is 0.770. The summed E-state index contributed by atoms with van der Waals surface area (Å²) in [6.45, 7) is 4.17. The molecule has 0 fully saturated rings. The Balaban J connectivity index is 2.15. The molecule has 1 unspecified atom stereocenters. The number of hydrogen-bond donors (Lipinski definition) is 0. The minimum Gasteiger partial charge on any atom is -0.466 e. The van der Waals surface area contributed by atoms with Crippen molar-refractivity contribution in [2.75, 3.05) is 6.61 Å². The van der Waals surface area contributed by atoms with Crippen molar-refractivity contribution >= 4 is 5.97 Å². The highest BCUT2D eigenvalue weighted by Crippen LogP contribution is 2.16. The van der Waals surface area contributed by atoms with Crippen LogP contribution in [0.5, 0.6) is 0 Å². The standard InChI is InChI=1S/C16H19NO2/c1-3-19-16(18)13(2)12-15-10-7-11-17(15)14-8-5-4-6-9-14/h4-11,13H,3,12H2,1-2H3. The number of nitrogens with zero attached hydrogens (tertiary/aromatic N) is 1. The summed E-state index contributed by atoms with van der Waals surface area (Å²) in [6, 6.07) is 14.2. The monoisotopic (exact) mass is 257 g/mol. The molecule has 0 saturated heterocycles. The molecule has 2 rings (SSSR count). The van der Waals surface area contributed by atoms with E-state index in [1.807, 2.05) is 50.4 Å². The number of carbonyl (C=O) groups excluding carboxylic acids is 1. The van der Waals surface area contributed by atoms with Crippen LogP contribution in [0.4, 0.5) is 0 Å². The number of aromatic nitrogens is 1. The average Bonchev–Trinajstić information content (AvgIpc) is 2.88. The minimum atomic E-state index is -0.136. The van der Waals surface area contributed by atoms with Gasteiger partial charge in [-0.05, 0) is 31.2 Å². The number of hydrogen-bond acceptors (Lipinski definition) is 2. The summed E-state index contributed by atoms with van der Waals surface area (Å²) in [7, 11) is 0. The van der Waals surface area contributed by atoms with Crippen LogP contribution in [0.2, 0.25) is 0 Å². The van der Waals surface area contributed by atoms with Gasteiger partial charge in [0.2, 0.25) is 0 Å². The second-order valence-corrected chi connectivity index (χ2v) is 4.56. The van der Waals surface area contributed by atoms with Crippen LogP contribution in [-0.4, -0.2) is 17.1 Å². The summed E-state index contributed by atoms with van der Waals surface area (Å²) in [5, 5.41) is 0. The Hall–Kier alpha value is -2.03. The van der Waals surface area contributed by atoms with Crippen molar-refractivity contribution in [1.82, 2.24) is 4.57 Å². The molecule has 0 amide bonds. The molecular formula is C16H19NO2. The van der Waals surface area contributed by atoms with Gasteiger partial charge in [-0.1, -0.05) is 25.1 Å². The van der Waals surface area contributed by atoms with E-state index in [2.05, 4.69) is 16.7 Å². The van der Waals surface area contributed by atoms with Crippen molar-refractivity contribution in [3.8, 4) is 5.69 Å². The number of benzene rings is 1. The molecule has 0 aliphatic heterocycles. The van der Waals surface area contributed by atoms with Crippen molar-refractivity contribution < 1.29 is 9.53 Å². The summed E-state index contributed by atoms with van der Waals surface area (Å²) in [6.07, 6.45) is 2.70. The summed E-state index contributed by atoms with van der Waals surface area (Å²) in [5.74, 6) is -0.263. The summed E-state index contributed by atoms with van der Waals surface area (Å²) < 4.78 is 7.16. The van der Waals surface area contributed by atoms with E-state index in [1.54, 1.807) is 0 Å². The highest BCUT2D eigenvalue weighted by molar-refractivity contribution is 5.72. The van der Waals surface area contributed by atoms with Gasteiger partial charge in [0.15, 0.2) is 0 Å². The van der Waals surface area contributed by atoms with Crippen LogP contribution in [0, 0.1) is 5.92 Å². The lowest BCUT2D eigenvalue weighted by molar-refractivity contribution is -0.147. The zero-order valence-corrected chi connectivity index (χ0v) is 11.4. The third kappa shape index (κ3) is 3.25. The number of carbonyl (C=O) groups is 1. The van der Waals surface area contributed by atoms with Crippen LogP contribution < -0.4 is 0 Å². The lowest BCUT2D eigenvalue weighted by Gasteiger charge is -2.13. The number of rotatable bonds is 5. The fraction of sp³-hybridized carbons (Fsp3) is 0.312. The molecule has 1 aromatic carbocycles. The lowest BCUT2D eigenvalue weighted by Crippen LogP contribution is -2.18. The van der Waals surface area contributed by atoms with Gasteiger partial charge in [-0.2, -0.15) is 0 Å². The van der Waals surface area contributed by atoms with Crippen LogP contribution in [0.1, 0.15) is 19.5 Å². The van der Waals surface area contributed by atoms with Crippen molar-refractivity contribution in [3.63, 3.8) is 0 Å². The van der Waals surface area contributed by atoms with E-state index in [4.69, 9.17) is 4.74 Å². The second-order valence-electron chi connectivity index (χ2n) is 4.56. The Morgan fingerprint density at radius 3 is 2.63 bits per heavy atom. The van der Waals surface area contributed by atoms with E-state index in [0.717, 1.165) is 11.4 Å². The zero-order valence-electron chi connectivity index (χ0n) is 11.4. The maximum atomic E-state index is 11.7. The van der Waals surface area contributed by atoms with Gasteiger partial charge in [0.1, 0.15) is 0 Å². The molecule has 100 valence electrons. The molecule has 2 aromatic rings.